The summed E-state index contributed by atoms with van der Waals surface area (Å²) in [6.45, 7) is 8.01. The molecule has 0 N–H and O–H groups in total. The minimum Gasteiger partial charge on any atom is -0.376 e. The summed E-state index contributed by atoms with van der Waals surface area (Å²) in [5.74, 6) is -1.21. The van der Waals surface area contributed by atoms with Crippen molar-refractivity contribution in [2.75, 3.05) is 13.7 Å². The first-order chi connectivity index (χ1) is 8.81. The third kappa shape index (κ3) is 2.41. The van der Waals surface area contributed by atoms with Gasteiger partial charge in [0.25, 0.3) is 0 Å². The number of hydrogen-bond donors (Lipinski definition) is 0. The lowest BCUT2D eigenvalue weighted by molar-refractivity contribution is -0.234. The van der Waals surface area contributed by atoms with E-state index in [0.717, 1.165) is 0 Å². The fourth-order valence-corrected chi connectivity index (χ4v) is 2.95. The summed E-state index contributed by atoms with van der Waals surface area (Å²) in [5, 5.41) is 0. The molecule has 0 amide bonds. The lowest BCUT2D eigenvalue weighted by Gasteiger charge is -2.28. The van der Waals surface area contributed by atoms with Crippen LogP contribution in [0.5, 0.6) is 0 Å². The molecule has 110 valence electrons. The highest BCUT2D eigenvalue weighted by atomic mass is 16.8. The van der Waals surface area contributed by atoms with Crippen LogP contribution in [0, 0.1) is 0 Å². The van der Waals surface area contributed by atoms with Gasteiger partial charge in [0.1, 0.15) is 24.4 Å². The first-order valence-corrected chi connectivity index (χ1v) is 6.67. The van der Waals surface area contributed by atoms with Gasteiger partial charge in [0.05, 0.1) is 6.61 Å². The molecule has 0 unspecified atom stereocenters. The molecule has 3 heterocycles. The third-order valence-corrected chi connectivity index (χ3v) is 3.70. The molecule has 5 atom stereocenters. The summed E-state index contributed by atoms with van der Waals surface area (Å²) in [7, 11) is 1.65. The molecule has 0 radical (unpaired) electrons. The maximum absolute atomic E-state index is 5.92. The van der Waals surface area contributed by atoms with Crippen molar-refractivity contribution >= 4 is 0 Å². The highest BCUT2D eigenvalue weighted by Crippen LogP contribution is 2.41. The van der Waals surface area contributed by atoms with Crippen molar-refractivity contribution in [3.8, 4) is 0 Å². The van der Waals surface area contributed by atoms with Crippen LogP contribution in [0.1, 0.15) is 27.7 Å². The van der Waals surface area contributed by atoms with Gasteiger partial charge in [-0.2, -0.15) is 0 Å². The monoisotopic (exact) mass is 274 g/mol. The van der Waals surface area contributed by atoms with Crippen molar-refractivity contribution in [1.82, 2.24) is 0 Å². The first-order valence-electron chi connectivity index (χ1n) is 6.67. The molecule has 6 heteroatoms. The average Bonchev–Trinajstić information content (AvgIpc) is 2.87. The van der Waals surface area contributed by atoms with Crippen LogP contribution in [-0.4, -0.2) is 56.0 Å². The molecule has 3 rings (SSSR count). The number of rotatable bonds is 2. The maximum atomic E-state index is 5.92. The summed E-state index contributed by atoms with van der Waals surface area (Å²) in [6.07, 6.45) is -1.25. The van der Waals surface area contributed by atoms with Gasteiger partial charge >= 0.3 is 0 Å². The Balaban J connectivity index is 1.72. The van der Waals surface area contributed by atoms with Gasteiger partial charge in [-0.3, -0.25) is 0 Å². The molecule has 3 aliphatic rings. The minimum atomic E-state index is -0.636. The van der Waals surface area contributed by atoms with E-state index in [1.807, 2.05) is 27.7 Å². The van der Waals surface area contributed by atoms with Crippen molar-refractivity contribution in [1.29, 1.82) is 0 Å². The standard InChI is InChI=1S/C13H22O6/c1-12(2)15-6-7(17-12)8-9(14-5)10-11(16-8)19-13(3,4)18-10/h7-11H,6H2,1-5H3/t7-,8-,9+,10+,11-/m1/s1. The van der Waals surface area contributed by atoms with Crippen LogP contribution in [0.3, 0.4) is 0 Å². The second-order valence-electron chi connectivity index (χ2n) is 6.14. The topological polar surface area (TPSA) is 55.4 Å². The molecule has 0 aromatic rings. The van der Waals surface area contributed by atoms with Crippen LogP contribution in [0.4, 0.5) is 0 Å². The van der Waals surface area contributed by atoms with E-state index >= 15 is 0 Å². The van der Waals surface area contributed by atoms with Gasteiger partial charge in [-0.15, -0.1) is 0 Å². The highest BCUT2D eigenvalue weighted by molar-refractivity contribution is 4.98. The van der Waals surface area contributed by atoms with Crippen LogP contribution in [-0.2, 0) is 28.4 Å². The lowest BCUT2D eigenvalue weighted by Crippen LogP contribution is -2.43. The van der Waals surface area contributed by atoms with Crippen LogP contribution in [0.2, 0.25) is 0 Å². The molecule has 0 aliphatic carbocycles. The summed E-state index contributed by atoms with van der Waals surface area (Å²) >= 11 is 0. The van der Waals surface area contributed by atoms with Gasteiger partial charge < -0.3 is 28.4 Å². The minimum absolute atomic E-state index is 0.166. The van der Waals surface area contributed by atoms with Crippen molar-refractivity contribution in [2.24, 2.45) is 0 Å². The Bertz CT molecular complexity index is 355. The normalized spacial score (nSPS) is 47.5. The molecular formula is C13H22O6. The van der Waals surface area contributed by atoms with E-state index in [4.69, 9.17) is 28.4 Å². The SMILES string of the molecule is CO[C@@H]1[C@@H]2OC(C)(C)O[C@H]2O[C@@H]1[C@H]1COC(C)(C)O1. The Kier molecular flexibility index (Phi) is 3.16. The van der Waals surface area contributed by atoms with Gasteiger partial charge in [0.2, 0.25) is 0 Å². The van der Waals surface area contributed by atoms with Crippen LogP contribution >= 0.6 is 0 Å². The molecule has 3 saturated heterocycles. The number of ether oxygens (including phenoxy) is 6. The first kappa shape index (κ1) is 13.7. The predicted octanol–water partition coefficient (Wildman–Crippen LogP) is 1.03. The summed E-state index contributed by atoms with van der Waals surface area (Å²) in [4.78, 5) is 0. The molecule has 19 heavy (non-hydrogen) atoms. The summed E-state index contributed by atoms with van der Waals surface area (Å²) in [5.41, 5.74) is 0. The Morgan fingerprint density at radius 3 is 2.26 bits per heavy atom. The van der Waals surface area contributed by atoms with E-state index in [-0.39, 0.29) is 24.4 Å². The van der Waals surface area contributed by atoms with E-state index in [1.54, 1.807) is 7.11 Å². The van der Waals surface area contributed by atoms with Gasteiger partial charge in [0, 0.05) is 7.11 Å². The maximum Gasteiger partial charge on any atom is 0.190 e. The van der Waals surface area contributed by atoms with Crippen molar-refractivity contribution in [3.63, 3.8) is 0 Å². The van der Waals surface area contributed by atoms with E-state index in [1.165, 1.54) is 0 Å². The van der Waals surface area contributed by atoms with Gasteiger partial charge in [-0.1, -0.05) is 0 Å². The Morgan fingerprint density at radius 2 is 1.68 bits per heavy atom. The molecule has 0 bridgehead atoms. The Labute approximate surface area is 113 Å². The predicted molar refractivity (Wildman–Crippen MR) is 64.4 cm³/mol. The van der Waals surface area contributed by atoms with E-state index < -0.39 is 17.9 Å². The summed E-state index contributed by atoms with van der Waals surface area (Å²) in [6, 6.07) is 0. The number of fused-ring (bicyclic) bond motifs is 1. The Morgan fingerprint density at radius 1 is 0.947 bits per heavy atom. The zero-order chi connectivity index (χ0) is 13.8. The molecular weight excluding hydrogens is 252 g/mol. The van der Waals surface area contributed by atoms with Crippen LogP contribution in [0.25, 0.3) is 0 Å². The van der Waals surface area contributed by atoms with Crippen molar-refractivity contribution in [2.45, 2.75) is 70.0 Å². The van der Waals surface area contributed by atoms with E-state index in [2.05, 4.69) is 0 Å². The third-order valence-electron chi connectivity index (χ3n) is 3.70. The summed E-state index contributed by atoms with van der Waals surface area (Å²) < 4.78 is 34.5. The van der Waals surface area contributed by atoms with Crippen LogP contribution in [0.15, 0.2) is 0 Å². The fourth-order valence-electron chi connectivity index (χ4n) is 2.95. The number of hydrogen-bond acceptors (Lipinski definition) is 6. The lowest BCUT2D eigenvalue weighted by atomic mass is 10.1. The molecule has 3 fully saturated rings. The van der Waals surface area contributed by atoms with Gasteiger partial charge in [-0.25, -0.2) is 0 Å². The molecule has 6 nitrogen and oxygen atoms in total. The van der Waals surface area contributed by atoms with Gasteiger partial charge in [0.15, 0.2) is 17.9 Å². The second-order valence-corrected chi connectivity index (χ2v) is 6.14. The molecule has 3 aliphatic heterocycles. The van der Waals surface area contributed by atoms with Crippen molar-refractivity contribution < 1.29 is 28.4 Å². The van der Waals surface area contributed by atoms with E-state index in [0.29, 0.717) is 6.61 Å². The van der Waals surface area contributed by atoms with Crippen LogP contribution < -0.4 is 0 Å². The fraction of sp³-hybridized carbons (Fsp3) is 1.00. The highest BCUT2D eigenvalue weighted by Gasteiger charge is 2.58. The smallest absolute Gasteiger partial charge is 0.190 e. The number of methoxy groups -OCH3 is 1. The largest absolute Gasteiger partial charge is 0.376 e. The molecule has 0 aromatic carbocycles. The molecule has 0 aromatic heterocycles. The van der Waals surface area contributed by atoms with Crippen molar-refractivity contribution in [3.05, 3.63) is 0 Å². The average molecular weight is 274 g/mol. The van der Waals surface area contributed by atoms with E-state index in [9.17, 15) is 0 Å². The Hall–Kier alpha value is -0.240. The second kappa shape index (κ2) is 4.38. The zero-order valence-corrected chi connectivity index (χ0v) is 12.0. The zero-order valence-electron chi connectivity index (χ0n) is 12.0. The van der Waals surface area contributed by atoms with Gasteiger partial charge in [-0.05, 0) is 27.7 Å². The molecule has 0 saturated carbocycles. The quantitative estimate of drug-likeness (QED) is 0.749. The molecule has 0 spiro atoms.